The van der Waals surface area contributed by atoms with Gasteiger partial charge >= 0.3 is 6.03 Å². The molecule has 180 valence electrons. The molecule has 2 fully saturated rings. The molecule has 0 spiro atoms. The average molecular weight is 496 g/mol. The van der Waals surface area contributed by atoms with Gasteiger partial charge in [-0.3, -0.25) is 0 Å². The smallest absolute Gasteiger partial charge is 0.323 e. The molecule has 1 saturated carbocycles. The van der Waals surface area contributed by atoms with Crippen molar-refractivity contribution in [2.24, 2.45) is 5.92 Å². The second-order valence-corrected chi connectivity index (χ2v) is 9.26. The molecule has 2 bridgehead atoms. The summed E-state index contributed by atoms with van der Waals surface area (Å²) in [7, 11) is 0. The van der Waals surface area contributed by atoms with E-state index in [9.17, 15) is 18.0 Å². The Kier molecular flexibility index (Phi) is 5.50. The van der Waals surface area contributed by atoms with Crippen LogP contribution in [0.4, 0.5) is 23.7 Å². The van der Waals surface area contributed by atoms with Gasteiger partial charge in [0, 0.05) is 24.9 Å². The van der Waals surface area contributed by atoms with Crippen molar-refractivity contribution >= 4 is 23.3 Å². The first kappa shape index (κ1) is 22.6. The number of fused-ring (bicyclic) bond motifs is 2. The highest BCUT2D eigenvalue weighted by molar-refractivity contribution is 6.33. The zero-order valence-corrected chi connectivity index (χ0v) is 19.1. The molecule has 9 nitrogen and oxygen atoms in total. The molecular weight excluding hydrogens is 475 g/mol. The fourth-order valence-corrected chi connectivity index (χ4v) is 5.31. The van der Waals surface area contributed by atoms with E-state index in [1.54, 1.807) is 11.8 Å². The maximum atomic E-state index is 14.7. The standard InChI is InChI=1S/C21H21ClF3N7O2/c1-10-3-12-7-21(6-10,19-29-28-11(2)34-19)32(12)20(33)27-16-4-13(14(22)5-15(16)23)18-26-9-31(30-18)8-17(24)25/h4-5,9-10,12,17H,3,6-8H2,1-2H3,(H,27,33)/t10-,12-,21?/m1/s1. The van der Waals surface area contributed by atoms with Gasteiger partial charge in [-0.05, 0) is 30.9 Å². The van der Waals surface area contributed by atoms with Crippen LogP contribution in [-0.2, 0) is 12.1 Å². The Morgan fingerprint density at radius 1 is 1.35 bits per heavy atom. The van der Waals surface area contributed by atoms with Gasteiger partial charge in [0.1, 0.15) is 24.2 Å². The second kappa shape index (κ2) is 8.26. The third-order valence-electron chi connectivity index (χ3n) is 6.30. The molecule has 13 heteroatoms. The van der Waals surface area contributed by atoms with Crippen molar-refractivity contribution in [1.29, 1.82) is 0 Å². The Bertz CT molecular complexity index is 1250. The third kappa shape index (κ3) is 3.79. The van der Waals surface area contributed by atoms with Gasteiger partial charge in [0.25, 0.3) is 6.43 Å². The zero-order chi connectivity index (χ0) is 24.2. The highest BCUT2D eigenvalue weighted by Crippen LogP contribution is 2.55. The van der Waals surface area contributed by atoms with Crippen LogP contribution in [0.3, 0.4) is 0 Å². The molecule has 1 saturated heterocycles. The Morgan fingerprint density at radius 3 is 2.85 bits per heavy atom. The monoisotopic (exact) mass is 495 g/mol. The number of anilines is 1. The Labute approximate surface area is 197 Å². The van der Waals surface area contributed by atoms with E-state index in [0.717, 1.165) is 23.5 Å². The number of alkyl halides is 2. The molecule has 1 unspecified atom stereocenters. The number of benzene rings is 1. The predicted molar refractivity (Wildman–Crippen MR) is 115 cm³/mol. The fourth-order valence-electron chi connectivity index (χ4n) is 5.07. The Morgan fingerprint density at radius 2 is 2.15 bits per heavy atom. The minimum Gasteiger partial charge on any atom is -0.423 e. The molecule has 3 heterocycles. The first-order valence-corrected chi connectivity index (χ1v) is 11.1. The van der Waals surface area contributed by atoms with Gasteiger partial charge in [-0.15, -0.1) is 10.2 Å². The summed E-state index contributed by atoms with van der Waals surface area (Å²) in [6.45, 7) is 3.15. The maximum absolute atomic E-state index is 14.7. The number of amides is 2. The zero-order valence-electron chi connectivity index (χ0n) is 18.3. The summed E-state index contributed by atoms with van der Waals surface area (Å²) in [5.74, 6) is 0.403. The number of hydrogen-bond acceptors (Lipinski definition) is 6. The Hall–Kier alpha value is -3.15. The van der Waals surface area contributed by atoms with Gasteiger partial charge in [0.2, 0.25) is 11.8 Å². The summed E-state index contributed by atoms with van der Waals surface area (Å²) in [5, 5.41) is 14.6. The highest BCUT2D eigenvalue weighted by atomic mass is 35.5. The van der Waals surface area contributed by atoms with Gasteiger partial charge in [-0.25, -0.2) is 27.6 Å². The van der Waals surface area contributed by atoms with Gasteiger partial charge in [-0.2, -0.15) is 5.10 Å². The van der Waals surface area contributed by atoms with Crippen LogP contribution in [0.1, 0.15) is 38.0 Å². The lowest BCUT2D eigenvalue weighted by Crippen LogP contribution is -2.70. The first-order valence-electron chi connectivity index (χ1n) is 10.7. The van der Waals surface area contributed by atoms with Crippen molar-refractivity contribution < 1.29 is 22.4 Å². The van der Waals surface area contributed by atoms with Gasteiger partial charge < -0.3 is 14.6 Å². The van der Waals surface area contributed by atoms with Crippen LogP contribution < -0.4 is 5.32 Å². The number of aryl methyl sites for hydroxylation is 1. The fraction of sp³-hybridized carbons (Fsp3) is 0.476. The van der Waals surface area contributed by atoms with Crippen LogP contribution in [0.5, 0.6) is 0 Å². The predicted octanol–water partition coefficient (Wildman–Crippen LogP) is 4.63. The molecule has 5 rings (SSSR count). The first-order chi connectivity index (χ1) is 16.2. The number of carbonyl (C=O) groups is 1. The number of carbonyl (C=O) groups excluding carboxylic acids is 1. The van der Waals surface area contributed by atoms with Crippen LogP contribution in [0.15, 0.2) is 22.9 Å². The maximum Gasteiger partial charge on any atom is 0.323 e. The lowest BCUT2D eigenvalue weighted by Gasteiger charge is -2.61. The van der Waals surface area contributed by atoms with Crippen molar-refractivity contribution in [1.82, 2.24) is 29.9 Å². The third-order valence-corrected chi connectivity index (χ3v) is 6.62. The molecule has 3 atom stereocenters. The average Bonchev–Trinajstić information content (AvgIpc) is 3.38. The van der Waals surface area contributed by atoms with E-state index >= 15 is 0 Å². The number of nitrogens with one attached hydrogen (secondary N) is 1. The van der Waals surface area contributed by atoms with Gasteiger partial charge in [0.05, 0.1) is 10.7 Å². The van der Waals surface area contributed by atoms with Crippen LogP contribution in [0.25, 0.3) is 11.4 Å². The highest BCUT2D eigenvalue weighted by Gasteiger charge is 2.62. The number of rotatable bonds is 5. The molecule has 1 aromatic carbocycles. The molecule has 2 aromatic heterocycles. The summed E-state index contributed by atoms with van der Waals surface area (Å²) in [4.78, 5) is 18.9. The van der Waals surface area contributed by atoms with Crippen LogP contribution in [-0.4, -0.2) is 48.4 Å². The summed E-state index contributed by atoms with van der Waals surface area (Å²) in [5.41, 5.74) is -0.676. The summed E-state index contributed by atoms with van der Waals surface area (Å²) in [6, 6.07) is 1.76. The minimum absolute atomic E-state index is 0.0160. The number of aromatic nitrogens is 5. The van der Waals surface area contributed by atoms with Crippen molar-refractivity contribution in [2.75, 3.05) is 5.32 Å². The Balaban J connectivity index is 1.42. The number of nitrogens with zero attached hydrogens (tertiary/aromatic N) is 6. The van der Waals surface area contributed by atoms with E-state index in [-0.39, 0.29) is 28.1 Å². The summed E-state index contributed by atoms with van der Waals surface area (Å²) in [6.07, 6.45) is 0.673. The second-order valence-electron chi connectivity index (χ2n) is 8.85. The minimum atomic E-state index is -2.61. The van der Waals surface area contributed by atoms with E-state index in [2.05, 4.69) is 32.5 Å². The van der Waals surface area contributed by atoms with Crippen molar-refractivity contribution in [2.45, 2.75) is 57.7 Å². The normalized spacial score (nSPS) is 23.8. The molecular formula is C21H21ClF3N7O2. The quantitative estimate of drug-likeness (QED) is 0.554. The van der Waals surface area contributed by atoms with E-state index in [1.807, 2.05) is 0 Å². The number of likely N-dealkylation sites (tertiary alicyclic amines) is 1. The molecule has 1 aliphatic carbocycles. The topological polar surface area (TPSA) is 102 Å². The van der Waals surface area contributed by atoms with E-state index in [0.29, 0.717) is 30.5 Å². The van der Waals surface area contributed by atoms with Crippen molar-refractivity contribution in [3.8, 4) is 11.4 Å². The molecule has 0 radical (unpaired) electrons. The molecule has 2 aliphatic rings. The number of hydrogen-bond donors (Lipinski definition) is 1. The largest absolute Gasteiger partial charge is 0.423 e. The number of piperidine rings is 1. The van der Waals surface area contributed by atoms with Crippen molar-refractivity contribution in [3.63, 3.8) is 0 Å². The molecule has 1 N–H and O–H groups in total. The van der Waals surface area contributed by atoms with E-state index in [4.69, 9.17) is 16.0 Å². The number of halogens is 4. The molecule has 3 aromatic rings. The van der Waals surface area contributed by atoms with Gasteiger partial charge in [0.15, 0.2) is 5.82 Å². The molecule has 1 aliphatic heterocycles. The molecule has 34 heavy (non-hydrogen) atoms. The van der Waals surface area contributed by atoms with Crippen molar-refractivity contribution in [3.05, 3.63) is 41.1 Å². The SMILES string of the molecule is Cc1nnc(C23C[C@H](C)C[C@H](C2)N3C(=O)Nc2cc(-c3ncn(CC(F)F)n3)c(Cl)cc2F)o1. The summed E-state index contributed by atoms with van der Waals surface area (Å²) < 4.78 is 46.7. The van der Waals surface area contributed by atoms with Crippen LogP contribution >= 0.6 is 11.6 Å². The lowest BCUT2D eigenvalue weighted by atomic mass is 9.64. The van der Waals surface area contributed by atoms with E-state index < -0.39 is 30.4 Å². The lowest BCUT2D eigenvalue weighted by molar-refractivity contribution is -0.110. The van der Waals surface area contributed by atoms with Crippen LogP contribution in [0.2, 0.25) is 5.02 Å². The van der Waals surface area contributed by atoms with Gasteiger partial charge in [-0.1, -0.05) is 18.5 Å². The van der Waals surface area contributed by atoms with E-state index in [1.165, 1.54) is 6.07 Å². The molecule has 2 amide bonds. The number of urea groups is 1. The van der Waals surface area contributed by atoms with Crippen LogP contribution in [0, 0.1) is 18.7 Å². The summed E-state index contributed by atoms with van der Waals surface area (Å²) >= 11 is 6.16.